The Labute approximate surface area is 153 Å². The third kappa shape index (κ3) is 3.83. The average Bonchev–Trinajstić information content (AvgIpc) is 2.66. The smallest absolute Gasteiger partial charge is 0.251 e. The fraction of sp³-hybridized carbons (Fsp3) is 0.316. The van der Waals surface area contributed by atoms with Gasteiger partial charge in [-0.25, -0.2) is 8.42 Å². The topological polar surface area (TPSA) is 81.7 Å². The van der Waals surface area contributed by atoms with Crippen molar-refractivity contribution in [1.82, 2.24) is 5.32 Å². The molecule has 0 radical (unpaired) electrons. The molecular weight excluding hydrogens is 354 g/mol. The first-order valence-electron chi connectivity index (χ1n) is 8.38. The van der Waals surface area contributed by atoms with E-state index in [1.807, 2.05) is 18.2 Å². The third-order valence-corrected chi connectivity index (χ3v) is 6.30. The van der Waals surface area contributed by atoms with Gasteiger partial charge < -0.3 is 14.8 Å². The predicted octanol–water partition coefficient (Wildman–Crippen LogP) is 2.57. The van der Waals surface area contributed by atoms with Gasteiger partial charge in [-0.1, -0.05) is 6.07 Å². The number of hydrogen-bond donors (Lipinski definition) is 1. The molecule has 2 aromatic rings. The Balaban J connectivity index is 1.65. The van der Waals surface area contributed by atoms with Gasteiger partial charge in [0.2, 0.25) is 0 Å². The maximum atomic E-state index is 12.3. The van der Waals surface area contributed by atoms with E-state index in [0.717, 1.165) is 5.56 Å². The summed E-state index contributed by atoms with van der Waals surface area (Å²) in [6.07, 6.45) is 0. The van der Waals surface area contributed by atoms with Crippen molar-refractivity contribution in [2.75, 3.05) is 13.2 Å². The second kappa shape index (κ2) is 7.37. The quantitative estimate of drug-likeness (QED) is 0.869. The monoisotopic (exact) mass is 375 g/mol. The number of rotatable bonds is 5. The molecule has 0 fully saturated rings. The largest absolute Gasteiger partial charge is 0.486 e. The fourth-order valence-corrected chi connectivity index (χ4v) is 3.61. The van der Waals surface area contributed by atoms with Crippen LogP contribution < -0.4 is 14.8 Å². The molecule has 0 unspecified atom stereocenters. The summed E-state index contributed by atoms with van der Waals surface area (Å²) in [5, 5.41) is 2.32. The van der Waals surface area contributed by atoms with Gasteiger partial charge in [-0.15, -0.1) is 0 Å². The molecule has 138 valence electrons. The molecule has 1 N–H and O–H groups in total. The van der Waals surface area contributed by atoms with Gasteiger partial charge in [0.1, 0.15) is 13.2 Å². The van der Waals surface area contributed by atoms with Crippen molar-refractivity contribution in [3.8, 4) is 11.5 Å². The first-order chi connectivity index (χ1) is 12.4. The van der Waals surface area contributed by atoms with Crippen LogP contribution >= 0.6 is 0 Å². The zero-order valence-corrected chi connectivity index (χ0v) is 15.5. The summed E-state index contributed by atoms with van der Waals surface area (Å²) in [5.41, 5.74) is 1.30. The van der Waals surface area contributed by atoms with Gasteiger partial charge in [0.25, 0.3) is 5.91 Å². The summed E-state index contributed by atoms with van der Waals surface area (Å²) in [6, 6.07) is 11.5. The Hall–Kier alpha value is -2.54. The lowest BCUT2D eigenvalue weighted by Gasteiger charge is -2.19. The summed E-state index contributed by atoms with van der Waals surface area (Å²) >= 11 is 0. The van der Waals surface area contributed by atoms with Gasteiger partial charge in [0.15, 0.2) is 21.3 Å². The summed E-state index contributed by atoms with van der Waals surface area (Å²) in [4.78, 5) is 12.5. The Morgan fingerprint density at radius 2 is 1.69 bits per heavy atom. The SMILES string of the molecule is CC(C)S(=O)(=O)c1ccc(C(=O)NCc2ccc3c(c2)OCCO3)cc1. The molecule has 0 aromatic heterocycles. The molecule has 1 aliphatic heterocycles. The number of carbonyl (C=O) groups is 1. The molecule has 3 rings (SSSR count). The van der Waals surface area contributed by atoms with E-state index in [0.29, 0.717) is 36.8 Å². The molecular formula is C19H21NO5S. The molecule has 1 amide bonds. The van der Waals surface area contributed by atoms with Gasteiger partial charge in [0.05, 0.1) is 10.1 Å². The van der Waals surface area contributed by atoms with Crippen molar-refractivity contribution < 1.29 is 22.7 Å². The number of fused-ring (bicyclic) bond motifs is 1. The van der Waals surface area contributed by atoms with Crippen molar-refractivity contribution in [3.05, 3.63) is 53.6 Å². The molecule has 6 nitrogen and oxygen atoms in total. The Morgan fingerprint density at radius 3 is 2.35 bits per heavy atom. The Kier molecular flexibility index (Phi) is 5.18. The fourth-order valence-electron chi connectivity index (χ4n) is 2.55. The summed E-state index contributed by atoms with van der Waals surface area (Å²) in [5.74, 6) is 1.10. The highest BCUT2D eigenvalue weighted by Gasteiger charge is 2.19. The zero-order valence-electron chi connectivity index (χ0n) is 14.7. The van der Waals surface area contributed by atoms with E-state index < -0.39 is 15.1 Å². The number of nitrogens with one attached hydrogen (secondary N) is 1. The molecule has 0 bridgehead atoms. The number of ether oxygens (including phenoxy) is 2. The van der Waals surface area contributed by atoms with Crippen molar-refractivity contribution in [1.29, 1.82) is 0 Å². The van der Waals surface area contributed by atoms with E-state index >= 15 is 0 Å². The van der Waals surface area contributed by atoms with Crippen LogP contribution in [0.15, 0.2) is 47.4 Å². The van der Waals surface area contributed by atoms with Gasteiger partial charge in [-0.3, -0.25) is 4.79 Å². The minimum atomic E-state index is -3.34. The predicted molar refractivity (Wildman–Crippen MR) is 97.4 cm³/mol. The average molecular weight is 375 g/mol. The van der Waals surface area contributed by atoms with Gasteiger partial charge >= 0.3 is 0 Å². The van der Waals surface area contributed by atoms with Crippen LogP contribution in [0.5, 0.6) is 11.5 Å². The second-order valence-corrected chi connectivity index (χ2v) is 8.78. The second-order valence-electron chi connectivity index (χ2n) is 6.28. The highest BCUT2D eigenvalue weighted by atomic mass is 32.2. The number of sulfone groups is 1. The molecule has 0 saturated heterocycles. The molecule has 0 saturated carbocycles. The number of carbonyl (C=O) groups excluding carboxylic acids is 1. The number of hydrogen-bond acceptors (Lipinski definition) is 5. The Morgan fingerprint density at radius 1 is 1.04 bits per heavy atom. The molecule has 0 atom stereocenters. The van der Waals surface area contributed by atoms with Crippen LogP contribution in [0, 0.1) is 0 Å². The summed E-state index contributed by atoms with van der Waals surface area (Å²) in [6.45, 7) is 4.63. The minimum absolute atomic E-state index is 0.218. The van der Waals surface area contributed by atoms with E-state index in [4.69, 9.17) is 9.47 Å². The standard InChI is InChI=1S/C19H21NO5S/c1-13(2)26(22,23)16-6-4-15(5-7-16)19(21)20-12-14-3-8-17-18(11-14)25-10-9-24-17/h3-8,11,13H,9-10,12H2,1-2H3,(H,20,21). The van der Waals surface area contributed by atoms with Crippen LogP contribution in [0.1, 0.15) is 29.8 Å². The zero-order chi connectivity index (χ0) is 18.7. The molecule has 7 heteroatoms. The van der Waals surface area contributed by atoms with Crippen LogP contribution in [0.4, 0.5) is 0 Å². The normalized spacial score (nSPS) is 13.5. The van der Waals surface area contributed by atoms with Crippen LogP contribution in [0.3, 0.4) is 0 Å². The molecule has 2 aromatic carbocycles. The van der Waals surface area contributed by atoms with Crippen LogP contribution in [0.2, 0.25) is 0 Å². The maximum Gasteiger partial charge on any atom is 0.251 e. The third-order valence-electron chi connectivity index (χ3n) is 4.13. The molecule has 0 aliphatic carbocycles. The van der Waals surface area contributed by atoms with Crippen molar-refractivity contribution in [2.24, 2.45) is 0 Å². The van der Waals surface area contributed by atoms with Crippen molar-refractivity contribution in [3.63, 3.8) is 0 Å². The Bertz CT molecular complexity index is 904. The molecule has 1 heterocycles. The number of amides is 1. The molecule has 26 heavy (non-hydrogen) atoms. The lowest BCUT2D eigenvalue weighted by atomic mass is 10.1. The summed E-state index contributed by atoms with van der Waals surface area (Å²) in [7, 11) is -3.34. The first-order valence-corrected chi connectivity index (χ1v) is 9.93. The lowest BCUT2D eigenvalue weighted by molar-refractivity contribution is 0.0950. The van der Waals surface area contributed by atoms with Crippen LogP contribution in [0.25, 0.3) is 0 Å². The van der Waals surface area contributed by atoms with Gasteiger partial charge in [-0.2, -0.15) is 0 Å². The van der Waals surface area contributed by atoms with Gasteiger partial charge in [-0.05, 0) is 55.8 Å². The van der Waals surface area contributed by atoms with E-state index in [1.165, 1.54) is 24.3 Å². The van der Waals surface area contributed by atoms with Crippen LogP contribution in [-0.2, 0) is 16.4 Å². The van der Waals surface area contributed by atoms with Crippen LogP contribution in [-0.4, -0.2) is 32.8 Å². The van der Waals surface area contributed by atoms with Crippen molar-refractivity contribution >= 4 is 15.7 Å². The van der Waals surface area contributed by atoms with Gasteiger partial charge in [0, 0.05) is 12.1 Å². The maximum absolute atomic E-state index is 12.3. The summed E-state index contributed by atoms with van der Waals surface area (Å²) < 4.78 is 35.2. The van der Waals surface area contributed by atoms with Crippen molar-refractivity contribution in [2.45, 2.75) is 30.5 Å². The minimum Gasteiger partial charge on any atom is -0.486 e. The van der Waals surface area contributed by atoms with E-state index in [2.05, 4.69) is 5.32 Å². The molecule has 1 aliphatic rings. The first kappa shape index (κ1) is 18.3. The van der Waals surface area contributed by atoms with E-state index in [9.17, 15) is 13.2 Å². The highest BCUT2D eigenvalue weighted by molar-refractivity contribution is 7.92. The van der Waals surface area contributed by atoms with E-state index in [1.54, 1.807) is 13.8 Å². The molecule has 0 spiro atoms. The lowest BCUT2D eigenvalue weighted by Crippen LogP contribution is -2.23. The number of benzene rings is 2. The van der Waals surface area contributed by atoms with E-state index in [-0.39, 0.29) is 10.8 Å². The highest BCUT2D eigenvalue weighted by Crippen LogP contribution is 2.30.